The van der Waals surface area contributed by atoms with E-state index in [1.54, 1.807) is 0 Å². The summed E-state index contributed by atoms with van der Waals surface area (Å²) in [6.45, 7) is 2.24. The molecule has 0 saturated heterocycles. The molecule has 8 heavy (non-hydrogen) atoms. The Morgan fingerprint density at radius 2 is 2.38 bits per heavy atom. The predicted octanol–water partition coefficient (Wildman–Crippen LogP) is 2.07. The quantitative estimate of drug-likeness (QED) is 0.539. The minimum atomic E-state index is 0.785. The maximum Gasteiger partial charge on any atom is -0.00450 e. The van der Waals surface area contributed by atoms with E-state index in [1.165, 1.54) is 19.1 Å². The number of nitrogens with one attached hydrogen (secondary N) is 1. The van der Waals surface area contributed by atoms with Crippen LogP contribution in [0.3, 0.4) is 0 Å². The van der Waals surface area contributed by atoms with Gasteiger partial charge in [-0.25, -0.2) is 0 Å². The Bertz CT molecular complexity index is 84.4. The third kappa shape index (κ3) is 1.32. The summed E-state index contributed by atoms with van der Waals surface area (Å²) in [4.78, 5) is 0. The van der Waals surface area contributed by atoms with E-state index in [1.807, 2.05) is 0 Å². The van der Waals surface area contributed by atoms with Crippen molar-refractivity contribution < 1.29 is 0 Å². The lowest BCUT2D eigenvalue weighted by Crippen LogP contribution is -1.95. The van der Waals surface area contributed by atoms with E-state index in [4.69, 9.17) is 5.41 Å². The summed E-state index contributed by atoms with van der Waals surface area (Å²) in [5.41, 5.74) is 0. The van der Waals surface area contributed by atoms with Gasteiger partial charge in [0.2, 0.25) is 0 Å². The van der Waals surface area contributed by atoms with E-state index in [9.17, 15) is 0 Å². The molecule has 0 amide bonds. The highest BCUT2D eigenvalue weighted by atomic mass is 14.4. The van der Waals surface area contributed by atoms with Crippen LogP contribution >= 0.6 is 0 Å². The van der Waals surface area contributed by atoms with Gasteiger partial charge in [0.15, 0.2) is 0 Å². The maximum atomic E-state index is 6.83. The van der Waals surface area contributed by atoms with Gasteiger partial charge in [-0.05, 0) is 37.3 Å². The van der Waals surface area contributed by atoms with Crippen LogP contribution in [0.2, 0.25) is 0 Å². The molecule has 0 heterocycles. The molecular weight excluding hydrogens is 98.1 g/mol. The fraction of sp³-hybridized carbons (Fsp3) is 0.857. The third-order valence-electron chi connectivity index (χ3n) is 1.92. The smallest absolute Gasteiger partial charge is 0.00450 e. The molecule has 1 heteroatoms. The van der Waals surface area contributed by atoms with Crippen molar-refractivity contribution in [1.82, 2.24) is 0 Å². The lowest BCUT2D eigenvalue weighted by atomic mass is 10.0. The Morgan fingerprint density at radius 1 is 1.75 bits per heavy atom. The standard InChI is InChI=1S/C7H13N/c1-6(4-5-8)7-2-3-7/h5-8H,2-4H2,1H3. The second-order valence-corrected chi connectivity index (χ2v) is 2.75. The molecule has 0 aliphatic heterocycles. The van der Waals surface area contributed by atoms with E-state index in [0.717, 1.165) is 18.3 Å². The molecule has 0 aromatic carbocycles. The summed E-state index contributed by atoms with van der Waals surface area (Å²) < 4.78 is 0. The minimum absolute atomic E-state index is 0.785. The van der Waals surface area contributed by atoms with Crippen molar-refractivity contribution in [2.75, 3.05) is 0 Å². The van der Waals surface area contributed by atoms with Crippen LogP contribution in [-0.2, 0) is 0 Å². The average molecular weight is 111 g/mol. The van der Waals surface area contributed by atoms with Gasteiger partial charge >= 0.3 is 0 Å². The molecule has 1 fully saturated rings. The fourth-order valence-corrected chi connectivity index (χ4v) is 1.04. The largest absolute Gasteiger partial charge is 0.313 e. The van der Waals surface area contributed by atoms with E-state index in [2.05, 4.69) is 6.92 Å². The van der Waals surface area contributed by atoms with E-state index >= 15 is 0 Å². The molecule has 1 nitrogen and oxygen atoms in total. The van der Waals surface area contributed by atoms with E-state index < -0.39 is 0 Å². The molecule has 1 N–H and O–H groups in total. The van der Waals surface area contributed by atoms with Gasteiger partial charge in [0.05, 0.1) is 0 Å². The Morgan fingerprint density at radius 3 is 2.75 bits per heavy atom. The summed E-state index contributed by atoms with van der Waals surface area (Å²) in [6, 6.07) is 0. The zero-order valence-electron chi connectivity index (χ0n) is 5.35. The highest BCUT2D eigenvalue weighted by Gasteiger charge is 2.26. The van der Waals surface area contributed by atoms with E-state index in [0.29, 0.717) is 0 Å². The molecule has 0 bridgehead atoms. The van der Waals surface area contributed by atoms with Crippen LogP contribution in [0.1, 0.15) is 26.2 Å². The maximum absolute atomic E-state index is 6.83. The van der Waals surface area contributed by atoms with Gasteiger partial charge in [0.1, 0.15) is 0 Å². The molecule has 1 atom stereocenters. The number of hydrogen-bond donors (Lipinski definition) is 1. The lowest BCUT2D eigenvalue weighted by Gasteiger charge is -2.02. The van der Waals surface area contributed by atoms with Crippen molar-refractivity contribution in [3.05, 3.63) is 0 Å². The molecule has 46 valence electrons. The SMILES string of the molecule is CC(CC=N)C1CC1. The van der Waals surface area contributed by atoms with Crippen molar-refractivity contribution in [1.29, 1.82) is 5.41 Å². The van der Waals surface area contributed by atoms with Crippen molar-refractivity contribution >= 4 is 6.21 Å². The minimum Gasteiger partial charge on any atom is -0.313 e. The summed E-state index contributed by atoms with van der Waals surface area (Å²) >= 11 is 0. The molecular formula is C7H13N. The summed E-state index contributed by atoms with van der Waals surface area (Å²) in [6.07, 6.45) is 5.34. The Hall–Kier alpha value is -0.330. The molecule has 1 unspecified atom stereocenters. The first kappa shape index (κ1) is 5.80. The van der Waals surface area contributed by atoms with Gasteiger partial charge in [-0.3, -0.25) is 0 Å². The zero-order valence-corrected chi connectivity index (χ0v) is 5.35. The molecule has 1 aliphatic rings. The Labute approximate surface area is 50.6 Å². The molecule has 1 saturated carbocycles. The van der Waals surface area contributed by atoms with Gasteiger partial charge in [0, 0.05) is 0 Å². The molecule has 1 aliphatic carbocycles. The van der Waals surface area contributed by atoms with Gasteiger partial charge < -0.3 is 5.41 Å². The van der Waals surface area contributed by atoms with Crippen LogP contribution in [0.5, 0.6) is 0 Å². The van der Waals surface area contributed by atoms with Gasteiger partial charge in [-0.1, -0.05) is 6.92 Å². The van der Waals surface area contributed by atoms with Crippen molar-refractivity contribution in [3.63, 3.8) is 0 Å². The van der Waals surface area contributed by atoms with Crippen molar-refractivity contribution in [3.8, 4) is 0 Å². The van der Waals surface area contributed by atoms with Crippen LogP contribution in [0, 0.1) is 17.2 Å². The molecule has 0 aromatic rings. The van der Waals surface area contributed by atoms with Crippen LogP contribution < -0.4 is 0 Å². The highest BCUT2D eigenvalue weighted by molar-refractivity contribution is 5.53. The van der Waals surface area contributed by atoms with Crippen LogP contribution in [0.4, 0.5) is 0 Å². The molecule has 0 spiro atoms. The average Bonchev–Trinajstić information content (AvgIpc) is 2.45. The normalized spacial score (nSPS) is 22.6. The first-order chi connectivity index (χ1) is 3.84. The van der Waals surface area contributed by atoms with Crippen molar-refractivity contribution in [2.24, 2.45) is 11.8 Å². The third-order valence-corrected chi connectivity index (χ3v) is 1.92. The fourth-order valence-electron chi connectivity index (χ4n) is 1.04. The monoisotopic (exact) mass is 111 g/mol. The first-order valence-electron chi connectivity index (χ1n) is 3.33. The van der Waals surface area contributed by atoms with Gasteiger partial charge in [-0.2, -0.15) is 0 Å². The van der Waals surface area contributed by atoms with Crippen LogP contribution in [-0.4, -0.2) is 6.21 Å². The Kier molecular flexibility index (Phi) is 1.66. The van der Waals surface area contributed by atoms with Crippen LogP contribution in [0.25, 0.3) is 0 Å². The summed E-state index contributed by atoms with van der Waals surface area (Å²) in [7, 11) is 0. The predicted molar refractivity (Wildman–Crippen MR) is 35.3 cm³/mol. The van der Waals surface area contributed by atoms with Crippen molar-refractivity contribution in [2.45, 2.75) is 26.2 Å². The second kappa shape index (κ2) is 2.29. The van der Waals surface area contributed by atoms with Gasteiger partial charge in [-0.15, -0.1) is 0 Å². The second-order valence-electron chi connectivity index (χ2n) is 2.75. The van der Waals surface area contributed by atoms with Crippen LogP contribution in [0.15, 0.2) is 0 Å². The highest BCUT2D eigenvalue weighted by Crippen LogP contribution is 2.37. The Balaban J connectivity index is 2.12. The topological polar surface area (TPSA) is 23.9 Å². The summed E-state index contributed by atoms with van der Waals surface area (Å²) in [5.74, 6) is 1.75. The van der Waals surface area contributed by atoms with Gasteiger partial charge in [0.25, 0.3) is 0 Å². The lowest BCUT2D eigenvalue weighted by molar-refractivity contribution is 0.533. The number of rotatable bonds is 3. The van der Waals surface area contributed by atoms with E-state index in [-0.39, 0.29) is 0 Å². The first-order valence-corrected chi connectivity index (χ1v) is 3.33. The molecule has 1 rings (SSSR count). The molecule has 0 radical (unpaired) electrons. The summed E-state index contributed by atoms with van der Waals surface area (Å²) in [5, 5.41) is 6.83. The number of hydrogen-bond acceptors (Lipinski definition) is 1. The zero-order chi connectivity index (χ0) is 5.98. The molecule has 0 aromatic heterocycles.